The molecule has 0 spiro atoms. The van der Waals surface area contributed by atoms with E-state index in [9.17, 15) is 10.2 Å². The Kier molecular flexibility index (Phi) is 14.7. The van der Waals surface area contributed by atoms with E-state index in [0.717, 1.165) is 25.7 Å². The smallest absolute Gasteiger partial charge is 0.0795 e. The minimum absolute atomic E-state index is 0.259. The molecule has 0 radical (unpaired) electrons. The molecule has 0 fully saturated rings. The van der Waals surface area contributed by atoms with Crippen LogP contribution < -0.4 is 0 Å². The minimum Gasteiger partial charge on any atom is -0.394 e. The van der Waals surface area contributed by atoms with Crippen molar-refractivity contribution in [1.29, 1.82) is 0 Å². The van der Waals surface area contributed by atoms with Crippen LogP contribution in [0.4, 0.5) is 0 Å². The van der Waals surface area contributed by atoms with Gasteiger partial charge in [-0.25, -0.2) is 0 Å². The Labute approximate surface area is 124 Å². The maximum Gasteiger partial charge on any atom is 0.0795 e. The SMILES string of the molecule is CC/C=C/CCCCCCCCC[C@@H](O)C[C@@H](O)CO. The summed E-state index contributed by atoms with van der Waals surface area (Å²) in [6.07, 6.45) is 15.3. The van der Waals surface area contributed by atoms with Crippen LogP contribution in [-0.4, -0.2) is 34.1 Å². The second-order valence-electron chi connectivity index (χ2n) is 5.66. The van der Waals surface area contributed by atoms with Crippen molar-refractivity contribution in [3.8, 4) is 0 Å². The van der Waals surface area contributed by atoms with Crippen LogP contribution in [0.3, 0.4) is 0 Å². The van der Waals surface area contributed by atoms with Gasteiger partial charge in [0.1, 0.15) is 0 Å². The summed E-state index contributed by atoms with van der Waals surface area (Å²) in [5, 5.41) is 27.5. The van der Waals surface area contributed by atoms with Gasteiger partial charge in [-0.05, 0) is 25.7 Å². The largest absolute Gasteiger partial charge is 0.394 e. The molecule has 0 unspecified atom stereocenters. The van der Waals surface area contributed by atoms with Gasteiger partial charge in [-0.2, -0.15) is 0 Å². The summed E-state index contributed by atoms with van der Waals surface area (Å²) in [6.45, 7) is 1.91. The van der Waals surface area contributed by atoms with Gasteiger partial charge in [-0.3, -0.25) is 0 Å². The first-order valence-corrected chi connectivity index (χ1v) is 8.32. The van der Waals surface area contributed by atoms with Gasteiger partial charge in [0.2, 0.25) is 0 Å². The molecule has 3 nitrogen and oxygen atoms in total. The molecule has 0 aliphatic rings. The standard InChI is InChI=1S/C17H34O3/c1-2-3-4-5-6-7-8-9-10-11-12-13-16(19)14-17(20)15-18/h3-4,16-20H,2,5-15H2,1H3/b4-3+/t16-,17-/m1/s1. The van der Waals surface area contributed by atoms with E-state index in [4.69, 9.17) is 5.11 Å². The monoisotopic (exact) mass is 286 g/mol. The summed E-state index contributed by atoms with van der Waals surface area (Å²) in [7, 11) is 0. The van der Waals surface area contributed by atoms with Gasteiger partial charge in [0.15, 0.2) is 0 Å². The van der Waals surface area contributed by atoms with Crippen molar-refractivity contribution in [3.05, 3.63) is 12.2 Å². The number of unbranched alkanes of at least 4 members (excludes halogenated alkanes) is 7. The molecule has 120 valence electrons. The van der Waals surface area contributed by atoms with E-state index in [0.29, 0.717) is 6.42 Å². The van der Waals surface area contributed by atoms with Crippen LogP contribution in [0, 0.1) is 0 Å². The van der Waals surface area contributed by atoms with Crippen molar-refractivity contribution in [2.24, 2.45) is 0 Å². The van der Waals surface area contributed by atoms with E-state index in [1.54, 1.807) is 0 Å². The Morgan fingerprint density at radius 3 is 2.00 bits per heavy atom. The van der Waals surface area contributed by atoms with Crippen LogP contribution >= 0.6 is 0 Å². The molecule has 0 saturated heterocycles. The predicted octanol–water partition coefficient (Wildman–Crippen LogP) is 3.57. The number of aliphatic hydroxyl groups excluding tert-OH is 3. The highest BCUT2D eigenvalue weighted by atomic mass is 16.3. The highest BCUT2D eigenvalue weighted by Gasteiger charge is 2.10. The lowest BCUT2D eigenvalue weighted by atomic mass is 10.0. The average molecular weight is 286 g/mol. The molecule has 0 saturated carbocycles. The van der Waals surface area contributed by atoms with Crippen molar-refractivity contribution in [3.63, 3.8) is 0 Å². The molecule has 0 aromatic carbocycles. The number of hydrogen-bond acceptors (Lipinski definition) is 3. The van der Waals surface area contributed by atoms with Crippen molar-refractivity contribution >= 4 is 0 Å². The Bertz CT molecular complexity index is 216. The summed E-state index contributed by atoms with van der Waals surface area (Å²) >= 11 is 0. The summed E-state index contributed by atoms with van der Waals surface area (Å²) in [4.78, 5) is 0. The summed E-state index contributed by atoms with van der Waals surface area (Å²) in [6, 6.07) is 0. The quantitative estimate of drug-likeness (QED) is 0.338. The second kappa shape index (κ2) is 15.0. The number of hydrogen-bond donors (Lipinski definition) is 3. The molecule has 2 atom stereocenters. The first-order chi connectivity index (χ1) is 9.70. The Morgan fingerprint density at radius 1 is 0.800 bits per heavy atom. The molecule has 3 heteroatoms. The molecule has 0 rings (SSSR count). The van der Waals surface area contributed by atoms with Gasteiger partial charge >= 0.3 is 0 Å². The Balaban J connectivity index is 3.18. The summed E-state index contributed by atoms with van der Waals surface area (Å²) in [5.41, 5.74) is 0. The third kappa shape index (κ3) is 14.0. The van der Waals surface area contributed by atoms with Crippen molar-refractivity contribution in [2.75, 3.05) is 6.61 Å². The zero-order chi connectivity index (χ0) is 15.1. The van der Waals surface area contributed by atoms with E-state index in [1.165, 1.54) is 38.5 Å². The van der Waals surface area contributed by atoms with Crippen molar-refractivity contribution in [2.45, 2.75) is 89.8 Å². The molecule has 0 aliphatic carbocycles. The fraction of sp³-hybridized carbons (Fsp3) is 0.882. The zero-order valence-electron chi connectivity index (χ0n) is 13.1. The van der Waals surface area contributed by atoms with E-state index in [1.807, 2.05) is 0 Å². The average Bonchev–Trinajstić information content (AvgIpc) is 2.44. The third-order valence-electron chi connectivity index (χ3n) is 3.57. The Hall–Kier alpha value is -0.380. The number of allylic oxidation sites excluding steroid dienone is 2. The van der Waals surface area contributed by atoms with E-state index >= 15 is 0 Å². The highest BCUT2D eigenvalue weighted by molar-refractivity contribution is 4.79. The molecule has 3 N–H and O–H groups in total. The van der Waals surface area contributed by atoms with Gasteiger partial charge in [0.25, 0.3) is 0 Å². The van der Waals surface area contributed by atoms with Gasteiger partial charge in [-0.1, -0.05) is 57.6 Å². The lowest BCUT2D eigenvalue weighted by molar-refractivity contribution is 0.0380. The fourth-order valence-electron chi connectivity index (χ4n) is 2.32. The van der Waals surface area contributed by atoms with Crippen molar-refractivity contribution in [1.82, 2.24) is 0 Å². The van der Waals surface area contributed by atoms with E-state index < -0.39 is 12.2 Å². The highest BCUT2D eigenvalue weighted by Crippen LogP contribution is 2.12. The normalized spacial score (nSPS) is 14.8. The maximum atomic E-state index is 9.62. The lowest BCUT2D eigenvalue weighted by Gasteiger charge is -2.13. The topological polar surface area (TPSA) is 60.7 Å². The molecule has 20 heavy (non-hydrogen) atoms. The molecule has 0 amide bonds. The molecular formula is C17H34O3. The van der Waals surface area contributed by atoms with Gasteiger partial charge in [0.05, 0.1) is 18.8 Å². The molecular weight excluding hydrogens is 252 g/mol. The van der Waals surface area contributed by atoms with Gasteiger partial charge < -0.3 is 15.3 Å². The lowest BCUT2D eigenvalue weighted by Crippen LogP contribution is -2.20. The molecule has 0 aromatic heterocycles. The van der Waals surface area contributed by atoms with Crippen LogP contribution in [0.15, 0.2) is 12.2 Å². The summed E-state index contributed by atoms with van der Waals surface area (Å²) in [5.74, 6) is 0. The third-order valence-corrected chi connectivity index (χ3v) is 3.57. The van der Waals surface area contributed by atoms with Crippen LogP contribution in [0.5, 0.6) is 0 Å². The van der Waals surface area contributed by atoms with Crippen molar-refractivity contribution < 1.29 is 15.3 Å². The van der Waals surface area contributed by atoms with E-state index in [2.05, 4.69) is 19.1 Å². The van der Waals surface area contributed by atoms with Crippen LogP contribution in [0.25, 0.3) is 0 Å². The fourth-order valence-corrected chi connectivity index (χ4v) is 2.32. The number of rotatable bonds is 14. The van der Waals surface area contributed by atoms with Crippen LogP contribution in [-0.2, 0) is 0 Å². The van der Waals surface area contributed by atoms with Gasteiger partial charge in [-0.15, -0.1) is 0 Å². The number of aliphatic hydroxyl groups is 3. The Morgan fingerprint density at radius 2 is 1.40 bits per heavy atom. The minimum atomic E-state index is -0.772. The van der Waals surface area contributed by atoms with E-state index in [-0.39, 0.29) is 6.61 Å². The van der Waals surface area contributed by atoms with Gasteiger partial charge in [0, 0.05) is 6.42 Å². The molecule has 0 aliphatic heterocycles. The summed E-state index contributed by atoms with van der Waals surface area (Å²) < 4.78 is 0. The van der Waals surface area contributed by atoms with Crippen LogP contribution in [0.1, 0.15) is 77.6 Å². The molecule has 0 bridgehead atoms. The molecule has 0 heterocycles. The first-order valence-electron chi connectivity index (χ1n) is 8.32. The first kappa shape index (κ1) is 19.6. The second-order valence-corrected chi connectivity index (χ2v) is 5.66. The molecule has 0 aromatic rings. The van der Waals surface area contributed by atoms with Crippen LogP contribution in [0.2, 0.25) is 0 Å². The predicted molar refractivity (Wildman–Crippen MR) is 84.7 cm³/mol. The maximum absolute atomic E-state index is 9.62. The zero-order valence-corrected chi connectivity index (χ0v) is 13.1.